The topological polar surface area (TPSA) is 173 Å². The number of carboxylic acid groups (broad SMARTS) is 1. The molecule has 2 aliphatic heterocycles. The molecule has 0 unspecified atom stereocenters. The fourth-order valence-corrected chi connectivity index (χ4v) is 12.0. The minimum Gasteiger partial charge on any atom is -0.497 e. The molecule has 16 heteroatoms. The van der Waals surface area contributed by atoms with Crippen LogP contribution in [0.1, 0.15) is 119 Å². The molecule has 2 aliphatic carbocycles. The Hall–Kier alpha value is -8.14. The third kappa shape index (κ3) is 11.1. The molecule has 0 bridgehead atoms. The first-order valence-electron chi connectivity index (χ1n) is 27.3. The SMILES string of the molecule is COC(=O)c1ccc2c(C3CCCCC3)c3n(c2c1)CC(C(=O)N(C)CC(=O)N(C)C)=Cc1cc(OC)ccc1-3.COc1ccc2c(c1)C=C(C(=O)N(C)CC(=O)N(C)C)Cn1c-2c(C2CCCCC2)c2ccc(C(=O)O)cc21. The van der Waals surface area contributed by atoms with Gasteiger partial charge in [0.25, 0.3) is 11.8 Å². The van der Waals surface area contributed by atoms with Gasteiger partial charge in [-0.15, -0.1) is 0 Å². The van der Waals surface area contributed by atoms with E-state index in [1.54, 1.807) is 68.6 Å². The molecule has 0 atom stereocenters. The molecule has 0 spiro atoms. The predicted octanol–water partition coefficient (Wildman–Crippen LogP) is 10.1. The predicted molar refractivity (Wildman–Crippen MR) is 306 cm³/mol. The standard InChI is InChI=1S/C32H37N3O5.C31H35N3O5/c1-33(2)28(36)19-34(3)31(37)23-15-22-16-24(39-4)12-14-25(22)30-29(20-9-7-6-8-10-20)26-13-11-21(32(38)40-5)17-27(26)35(30)18-23;1-32(2)27(35)18-33(3)30(36)22-14-21-15-23(39-4)11-13-24(21)29-28(19-8-6-5-7-9-19)25-12-10-20(31(37)38)16-26(25)34(29)17-22/h11-17,20H,6-10,18-19H2,1-5H3;10-16,19H,5-9,17-18H2,1-4H3,(H,37,38). The molecule has 4 aromatic carbocycles. The van der Waals surface area contributed by atoms with Crippen LogP contribution in [-0.2, 0) is 37.0 Å². The molecule has 4 aliphatic rings. The van der Waals surface area contributed by atoms with Crippen LogP contribution in [0, 0.1) is 0 Å². The summed E-state index contributed by atoms with van der Waals surface area (Å²) in [7, 11) is 14.6. The van der Waals surface area contributed by atoms with E-state index in [0.717, 1.165) is 94.0 Å². The number of hydrogen-bond donors (Lipinski definition) is 1. The van der Waals surface area contributed by atoms with Gasteiger partial charge in [0.2, 0.25) is 11.8 Å². The van der Waals surface area contributed by atoms with E-state index < -0.39 is 11.9 Å². The van der Waals surface area contributed by atoms with Crippen LogP contribution in [0.3, 0.4) is 0 Å². The quantitative estimate of drug-likeness (QED) is 0.116. The van der Waals surface area contributed by atoms with Crippen molar-refractivity contribution in [3.8, 4) is 34.0 Å². The Kier molecular flexibility index (Phi) is 16.5. The number of nitrogens with zero attached hydrogens (tertiary/aromatic N) is 6. The van der Waals surface area contributed by atoms with E-state index in [-0.39, 0.29) is 48.8 Å². The fraction of sp³-hybridized carbons (Fsp3) is 0.397. The zero-order valence-electron chi connectivity index (χ0n) is 46.9. The number of amides is 4. The third-order valence-electron chi connectivity index (χ3n) is 16.2. The molecule has 10 rings (SSSR count). The molecule has 16 nitrogen and oxygen atoms in total. The minimum absolute atomic E-state index is 0.0206. The number of carbonyl (C=O) groups is 6. The second-order valence-corrected chi connectivity index (χ2v) is 21.8. The van der Waals surface area contributed by atoms with Crippen LogP contribution in [0.15, 0.2) is 83.9 Å². The number of esters is 1. The van der Waals surface area contributed by atoms with E-state index in [4.69, 9.17) is 14.2 Å². The van der Waals surface area contributed by atoms with E-state index in [1.165, 1.54) is 63.5 Å². The third-order valence-corrected chi connectivity index (χ3v) is 16.2. The summed E-state index contributed by atoms with van der Waals surface area (Å²) in [6, 6.07) is 23.0. The largest absolute Gasteiger partial charge is 0.497 e. The number of likely N-dealkylation sites (N-methyl/N-ethyl adjacent to an activating group) is 4. The Labute approximate surface area is 461 Å². The molecular weight excluding hydrogens is 1000 g/mol. The van der Waals surface area contributed by atoms with Gasteiger partial charge < -0.3 is 48.1 Å². The summed E-state index contributed by atoms with van der Waals surface area (Å²) in [5.41, 5.74) is 11.8. The van der Waals surface area contributed by atoms with Gasteiger partial charge >= 0.3 is 11.9 Å². The number of carboxylic acids is 1. The zero-order chi connectivity index (χ0) is 56.4. The highest BCUT2D eigenvalue weighted by molar-refractivity contribution is 6.06. The van der Waals surface area contributed by atoms with Crippen molar-refractivity contribution < 1.29 is 48.1 Å². The minimum atomic E-state index is -0.987. The highest BCUT2D eigenvalue weighted by Crippen LogP contribution is 2.49. The van der Waals surface area contributed by atoms with E-state index in [2.05, 4.69) is 15.2 Å². The lowest BCUT2D eigenvalue weighted by atomic mass is 9.81. The van der Waals surface area contributed by atoms with Crippen LogP contribution in [0.4, 0.5) is 0 Å². The number of ether oxygens (including phenoxy) is 3. The number of aromatic carboxylic acids is 1. The summed E-state index contributed by atoms with van der Waals surface area (Å²) < 4.78 is 20.4. The number of benzene rings is 4. The monoisotopic (exact) mass is 1070 g/mol. The van der Waals surface area contributed by atoms with Crippen LogP contribution >= 0.6 is 0 Å². The van der Waals surface area contributed by atoms with Gasteiger partial charge in [-0.05, 0) is 133 Å². The van der Waals surface area contributed by atoms with Gasteiger partial charge in [0.05, 0.1) is 70.0 Å². The zero-order valence-corrected chi connectivity index (χ0v) is 46.9. The summed E-state index contributed by atoms with van der Waals surface area (Å²) >= 11 is 0. The molecular formula is C63H72N6O10. The summed E-state index contributed by atoms with van der Waals surface area (Å²) in [5.74, 6) is -0.0569. The van der Waals surface area contributed by atoms with E-state index >= 15 is 0 Å². The highest BCUT2D eigenvalue weighted by Gasteiger charge is 2.34. The number of rotatable bonds is 12. The second-order valence-electron chi connectivity index (χ2n) is 21.8. The molecule has 0 radical (unpaired) electrons. The van der Waals surface area contributed by atoms with Gasteiger partial charge in [0, 0.05) is 86.4 Å². The first-order valence-corrected chi connectivity index (χ1v) is 27.3. The number of hydrogen-bond acceptors (Lipinski definition) is 9. The number of fused-ring (bicyclic) bond motifs is 10. The Morgan fingerprint density at radius 2 is 0.937 bits per heavy atom. The maximum atomic E-state index is 13.8. The lowest BCUT2D eigenvalue weighted by Gasteiger charge is -2.24. The van der Waals surface area contributed by atoms with Crippen LogP contribution < -0.4 is 9.47 Å². The lowest BCUT2D eigenvalue weighted by Crippen LogP contribution is -2.38. The summed E-state index contributed by atoms with van der Waals surface area (Å²) in [6.45, 7) is 0.509. The van der Waals surface area contributed by atoms with E-state index in [1.807, 2.05) is 66.7 Å². The van der Waals surface area contributed by atoms with Crippen LogP contribution in [0.5, 0.6) is 11.5 Å². The summed E-state index contributed by atoms with van der Waals surface area (Å²) in [6.07, 6.45) is 15.3. The van der Waals surface area contributed by atoms with Crippen molar-refractivity contribution in [2.45, 2.75) is 89.1 Å². The van der Waals surface area contributed by atoms with Gasteiger partial charge in [-0.25, -0.2) is 9.59 Å². The van der Waals surface area contributed by atoms with Crippen molar-refractivity contribution in [3.05, 3.63) is 117 Å². The lowest BCUT2D eigenvalue weighted by molar-refractivity contribution is -0.136. The summed E-state index contributed by atoms with van der Waals surface area (Å²) in [4.78, 5) is 82.7. The second kappa shape index (κ2) is 23.4. The molecule has 0 saturated heterocycles. The maximum Gasteiger partial charge on any atom is 0.337 e. The van der Waals surface area contributed by atoms with Gasteiger partial charge in [-0.1, -0.05) is 50.7 Å². The highest BCUT2D eigenvalue weighted by atomic mass is 16.5. The number of aromatic nitrogens is 2. The van der Waals surface area contributed by atoms with Crippen molar-refractivity contribution in [1.29, 1.82) is 0 Å². The van der Waals surface area contributed by atoms with E-state index in [9.17, 15) is 33.9 Å². The molecule has 414 valence electrons. The normalized spacial score (nSPS) is 15.1. The van der Waals surface area contributed by atoms with Crippen molar-refractivity contribution in [1.82, 2.24) is 28.7 Å². The van der Waals surface area contributed by atoms with Crippen molar-refractivity contribution in [2.75, 3.05) is 76.7 Å². The molecule has 4 heterocycles. The molecule has 2 fully saturated rings. The van der Waals surface area contributed by atoms with Crippen molar-refractivity contribution in [2.24, 2.45) is 0 Å². The number of carbonyl (C=O) groups excluding carboxylic acids is 5. The Bertz CT molecular complexity index is 3460. The van der Waals surface area contributed by atoms with E-state index in [0.29, 0.717) is 46.6 Å². The van der Waals surface area contributed by atoms with Crippen molar-refractivity contribution in [3.63, 3.8) is 0 Å². The summed E-state index contributed by atoms with van der Waals surface area (Å²) in [5, 5.41) is 11.9. The first kappa shape index (κ1) is 55.6. The molecule has 2 saturated carbocycles. The molecule has 1 N–H and O–H groups in total. The molecule has 4 amide bonds. The molecule has 2 aromatic heterocycles. The average molecular weight is 1070 g/mol. The van der Waals surface area contributed by atoms with Crippen LogP contribution in [0.25, 0.3) is 56.5 Å². The first-order chi connectivity index (χ1) is 37.9. The average Bonchev–Trinajstić information content (AvgIpc) is 4.07. The van der Waals surface area contributed by atoms with Crippen LogP contribution in [0.2, 0.25) is 0 Å². The van der Waals surface area contributed by atoms with Crippen LogP contribution in [-0.4, -0.2) is 146 Å². The Balaban J connectivity index is 0.000000192. The molecule has 6 aromatic rings. The smallest absolute Gasteiger partial charge is 0.337 e. The maximum absolute atomic E-state index is 13.8. The van der Waals surface area contributed by atoms with Crippen molar-refractivity contribution >= 4 is 69.5 Å². The van der Waals surface area contributed by atoms with Gasteiger partial charge in [-0.3, -0.25) is 19.2 Å². The van der Waals surface area contributed by atoms with Gasteiger partial charge in [0.15, 0.2) is 0 Å². The Morgan fingerprint density at radius 1 is 0.532 bits per heavy atom. The molecule has 79 heavy (non-hydrogen) atoms. The van der Waals surface area contributed by atoms with Gasteiger partial charge in [-0.2, -0.15) is 0 Å². The number of methoxy groups -OCH3 is 3. The fourth-order valence-electron chi connectivity index (χ4n) is 12.0. The Morgan fingerprint density at radius 3 is 1.32 bits per heavy atom. The van der Waals surface area contributed by atoms with Gasteiger partial charge in [0.1, 0.15) is 11.5 Å².